The molecule has 4 heteroatoms. The largest absolute Gasteiger partial charge is 0.481 e. The minimum absolute atomic E-state index is 0.293. The minimum Gasteiger partial charge on any atom is -0.481 e. The summed E-state index contributed by atoms with van der Waals surface area (Å²) in [7, 11) is 0. The van der Waals surface area contributed by atoms with E-state index in [1.165, 1.54) is 10.6 Å². The van der Waals surface area contributed by atoms with Gasteiger partial charge in [-0.25, -0.2) is 0 Å². The Hall–Kier alpha value is -1.16. The number of para-hydroxylation sites is 1. The van der Waals surface area contributed by atoms with Crippen molar-refractivity contribution in [2.45, 2.75) is 42.9 Å². The summed E-state index contributed by atoms with van der Waals surface area (Å²) in [4.78, 5) is 14.2. The fraction of sp³-hybridized carbons (Fsp3) is 0.500. The van der Waals surface area contributed by atoms with Crippen LogP contribution in [0.25, 0.3) is 0 Å². The summed E-state index contributed by atoms with van der Waals surface area (Å²) in [6.45, 7) is 3.24. The van der Waals surface area contributed by atoms with Gasteiger partial charge in [0.25, 0.3) is 0 Å². The number of nitrogens with zero attached hydrogens (tertiary/aromatic N) is 1. The first kappa shape index (κ1) is 13.3. The summed E-state index contributed by atoms with van der Waals surface area (Å²) < 4.78 is 0. The van der Waals surface area contributed by atoms with Gasteiger partial charge in [0.2, 0.25) is 0 Å². The second kappa shape index (κ2) is 6.14. The van der Waals surface area contributed by atoms with Crippen LogP contribution >= 0.6 is 11.8 Å². The third-order valence-electron chi connectivity index (χ3n) is 3.20. The molecular weight excluding hydrogens is 246 g/mol. The molecule has 1 heterocycles. The van der Waals surface area contributed by atoms with Gasteiger partial charge in [-0.05, 0) is 31.9 Å². The first-order valence-corrected chi connectivity index (χ1v) is 7.30. The van der Waals surface area contributed by atoms with Crippen LogP contribution in [0.2, 0.25) is 0 Å². The van der Waals surface area contributed by atoms with Crippen LogP contribution in [-0.2, 0) is 4.79 Å². The average Bonchev–Trinajstić information content (AvgIpc) is 2.65. The van der Waals surface area contributed by atoms with Gasteiger partial charge in [-0.3, -0.25) is 4.79 Å². The molecule has 1 aromatic carbocycles. The summed E-state index contributed by atoms with van der Waals surface area (Å²) >= 11 is 1.90. The summed E-state index contributed by atoms with van der Waals surface area (Å²) in [5.41, 5.74) is 1.33. The molecule has 0 aliphatic carbocycles. The maximum Gasteiger partial charge on any atom is 0.303 e. The Kier molecular flexibility index (Phi) is 4.53. The standard InChI is InChI=1S/C14H19NO2S/c1-11-15(10-6-2-3-9-14(16)17)12-7-4-5-8-13(12)18-11/h4-5,7-8,11H,2-3,6,9-10H2,1H3,(H,16,17). The highest BCUT2D eigenvalue weighted by Gasteiger charge is 2.25. The fourth-order valence-electron chi connectivity index (χ4n) is 2.27. The molecule has 1 aliphatic rings. The second-order valence-electron chi connectivity index (χ2n) is 4.58. The lowest BCUT2D eigenvalue weighted by atomic mass is 10.2. The fourth-order valence-corrected chi connectivity index (χ4v) is 3.45. The number of anilines is 1. The molecule has 2 rings (SSSR count). The number of unbranched alkanes of at least 4 members (excludes halogenated alkanes) is 2. The van der Waals surface area contributed by atoms with E-state index in [9.17, 15) is 4.79 Å². The SMILES string of the molecule is CC1Sc2ccccc2N1CCCCCC(=O)O. The van der Waals surface area contributed by atoms with E-state index in [1.54, 1.807) is 0 Å². The number of hydrogen-bond acceptors (Lipinski definition) is 3. The van der Waals surface area contributed by atoms with Gasteiger partial charge < -0.3 is 10.0 Å². The highest BCUT2D eigenvalue weighted by Crippen LogP contribution is 2.42. The van der Waals surface area contributed by atoms with Crippen molar-refractivity contribution in [1.82, 2.24) is 0 Å². The summed E-state index contributed by atoms with van der Waals surface area (Å²) in [5, 5.41) is 9.07. The number of thioether (sulfide) groups is 1. The van der Waals surface area contributed by atoms with E-state index in [2.05, 4.69) is 36.1 Å². The molecule has 1 atom stereocenters. The van der Waals surface area contributed by atoms with E-state index in [1.807, 2.05) is 11.8 Å². The zero-order chi connectivity index (χ0) is 13.0. The molecular formula is C14H19NO2S. The predicted molar refractivity (Wildman–Crippen MR) is 75.2 cm³/mol. The van der Waals surface area contributed by atoms with E-state index >= 15 is 0 Å². The number of aliphatic carboxylic acids is 1. The number of rotatable bonds is 6. The Balaban J connectivity index is 1.81. The molecule has 1 aromatic rings. The monoisotopic (exact) mass is 265 g/mol. The molecule has 0 aromatic heterocycles. The van der Waals surface area contributed by atoms with Gasteiger partial charge in [-0.2, -0.15) is 0 Å². The number of carboxylic acids is 1. The molecule has 1 N–H and O–H groups in total. The van der Waals surface area contributed by atoms with Gasteiger partial charge in [0.1, 0.15) is 0 Å². The van der Waals surface area contributed by atoms with Gasteiger partial charge in [-0.15, -0.1) is 0 Å². The van der Waals surface area contributed by atoms with Crippen LogP contribution in [0.4, 0.5) is 5.69 Å². The first-order valence-electron chi connectivity index (χ1n) is 6.42. The Labute approximate surface area is 112 Å². The summed E-state index contributed by atoms with van der Waals surface area (Å²) in [5.74, 6) is -0.689. The van der Waals surface area contributed by atoms with E-state index in [-0.39, 0.29) is 0 Å². The molecule has 1 aliphatic heterocycles. The third kappa shape index (κ3) is 3.19. The highest BCUT2D eigenvalue weighted by molar-refractivity contribution is 8.00. The number of carboxylic acid groups (broad SMARTS) is 1. The van der Waals surface area contributed by atoms with Crippen molar-refractivity contribution in [3.63, 3.8) is 0 Å². The Morgan fingerprint density at radius 3 is 2.89 bits per heavy atom. The Bertz CT molecular complexity index is 422. The van der Waals surface area contributed by atoms with Crippen LogP contribution in [0.5, 0.6) is 0 Å². The van der Waals surface area contributed by atoms with Crippen LogP contribution in [-0.4, -0.2) is 23.0 Å². The average molecular weight is 265 g/mol. The van der Waals surface area contributed by atoms with Crippen molar-refractivity contribution in [2.24, 2.45) is 0 Å². The minimum atomic E-state index is -0.689. The molecule has 3 nitrogen and oxygen atoms in total. The van der Waals surface area contributed by atoms with Gasteiger partial charge in [0.15, 0.2) is 0 Å². The van der Waals surface area contributed by atoms with Crippen molar-refractivity contribution >= 4 is 23.4 Å². The number of fused-ring (bicyclic) bond motifs is 1. The van der Waals surface area contributed by atoms with Crippen molar-refractivity contribution in [3.8, 4) is 0 Å². The molecule has 0 saturated carbocycles. The number of benzene rings is 1. The first-order chi connectivity index (χ1) is 8.68. The van der Waals surface area contributed by atoms with E-state index in [0.717, 1.165) is 25.8 Å². The molecule has 0 bridgehead atoms. The smallest absolute Gasteiger partial charge is 0.303 e. The second-order valence-corrected chi connectivity index (χ2v) is 5.94. The predicted octanol–water partition coefficient (Wildman–Crippen LogP) is 3.59. The molecule has 0 fully saturated rings. The molecule has 0 saturated heterocycles. The topological polar surface area (TPSA) is 40.5 Å². The van der Waals surface area contributed by atoms with Crippen LogP contribution < -0.4 is 4.90 Å². The van der Waals surface area contributed by atoms with Crippen LogP contribution in [0, 0.1) is 0 Å². The lowest BCUT2D eigenvalue weighted by Crippen LogP contribution is -2.27. The molecule has 0 spiro atoms. The van der Waals surface area contributed by atoms with Gasteiger partial charge in [-0.1, -0.05) is 30.3 Å². The lowest BCUT2D eigenvalue weighted by molar-refractivity contribution is -0.137. The van der Waals surface area contributed by atoms with Crippen molar-refractivity contribution in [2.75, 3.05) is 11.4 Å². The van der Waals surface area contributed by atoms with E-state index in [0.29, 0.717) is 11.8 Å². The van der Waals surface area contributed by atoms with Crippen molar-refractivity contribution in [3.05, 3.63) is 24.3 Å². The van der Waals surface area contributed by atoms with Gasteiger partial charge in [0.05, 0.1) is 11.1 Å². The molecule has 0 amide bonds. The van der Waals surface area contributed by atoms with Gasteiger partial charge in [0, 0.05) is 17.9 Å². The van der Waals surface area contributed by atoms with Crippen LogP contribution in [0.15, 0.2) is 29.2 Å². The van der Waals surface area contributed by atoms with Gasteiger partial charge >= 0.3 is 5.97 Å². The highest BCUT2D eigenvalue weighted by atomic mass is 32.2. The van der Waals surface area contributed by atoms with Crippen molar-refractivity contribution in [1.29, 1.82) is 0 Å². The summed E-state index contributed by atoms with van der Waals surface area (Å²) in [6, 6.07) is 8.49. The molecule has 18 heavy (non-hydrogen) atoms. The maximum absolute atomic E-state index is 10.4. The normalized spacial score (nSPS) is 17.8. The van der Waals surface area contributed by atoms with E-state index < -0.39 is 5.97 Å². The van der Waals surface area contributed by atoms with E-state index in [4.69, 9.17) is 5.11 Å². The Morgan fingerprint density at radius 1 is 1.33 bits per heavy atom. The van der Waals surface area contributed by atoms with Crippen molar-refractivity contribution < 1.29 is 9.90 Å². The molecule has 98 valence electrons. The zero-order valence-electron chi connectivity index (χ0n) is 10.6. The van der Waals surface area contributed by atoms with Crippen LogP contribution in [0.1, 0.15) is 32.6 Å². The molecule has 1 unspecified atom stereocenters. The zero-order valence-corrected chi connectivity index (χ0v) is 11.4. The summed E-state index contributed by atoms with van der Waals surface area (Å²) in [6.07, 6.45) is 3.13. The lowest BCUT2D eigenvalue weighted by Gasteiger charge is -2.23. The number of hydrogen-bond donors (Lipinski definition) is 1. The maximum atomic E-state index is 10.4. The van der Waals surface area contributed by atoms with Crippen LogP contribution in [0.3, 0.4) is 0 Å². The third-order valence-corrected chi connectivity index (χ3v) is 4.40. The number of carbonyl (C=O) groups is 1. The molecule has 0 radical (unpaired) electrons. The quantitative estimate of drug-likeness (QED) is 0.798. The Morgan fingerprint density at radius 2 is 2.11 bits per heavy atom.